The van der Waals surface area contributed by atoms with Gasteiger partial charge in [-0.3, -0.25) is 14.4 Å². The lowest BCUT2D eigenvalue weighted by molar-refractivity contribution is -0.130. The summed E-state index contributed by atoms with van der Waals surface area (Å²) in [6, 6.07) is 7.84. The molecule has 7 heteroatoms. The number of hydrogen-bond acceptors (Lipinski definition) is 4. The van der Waals surface area contributed by atoms with Crippen LogP contribution in [-0.4, -0.2) is 41.1 Å². The molecular weight excluding hydrogens is 332 g/mol. The Morgan fingerprint density at radius 1 is 1.23 bits per heavy atom. The summed E-state index contributed by atoms with van der Waals surface area (Å²) in [6.45, 7) is 5.54. The summed E-state index contributed by atoms with van der Waals surface area (Å²) in [4.78, 5) is 41.0. The average Bonchev–Trinajstić information content (AvgIpc) is 2.62. The van der Waals surface area contributed by atoms with Gasteiger partial charge in [0.2, 0.25) is 11.7 Å². The Kier molecular flexibility index (Phi) is 8.55. The van der Waals surface area contributed by atoms with Crippen LogP contribution < -0.4 is 10.6 Å². The van der Waals surface area contributed by atoms with E-state index in [9.17, 15) is 14.4 Å². The summed E-state index contributed by atoms with van der Waals surface area (Å²) in [5.41, 5.74) is 15.2. The van der Waals surface area contributed by atoms with E-state index >= 15 is 0 Å². The highest BCUT2D eigenvalue weighted by Gasteiger charge is 2.35. The van der Waals surface area contributed by atoms with Gasteiger partial charge >= 0.3 is 6.21 Å². The van der Waals surface area contributed by atoms with Crippen molar-refractivity contribution in [1.82, 2.24) is 0 Å². The van der Waals surface area contributed by atoms with E-state index in [1.54, 1.807) is 31.2 Å². The van der Waals surface area contributed by atoms with Crippen molar-refractivity contribution in [3.05, 3.63) is 35.9 Å². The van der Waals surface area contributed by atoms with Crippen LogP contribution in [0.2, 0.25) is 0 Å². The number of nitrogens with zero attached hydrogens (tertiary/aromatic N) is 3. The smallest absolute Gasteiger partial charge is 0.323 e. The molecule has 0 saturated heterocycles. The Morgan fingerprint density at radius 3 is 2.35 bits per heavy atom. The molecule has 1 rings (SSSR count). The number of para-hydroxylation sites is 1. The number of hydrogen-bond donors (Lipinski definition) is 1. The third-order valence-corrected chi connectivity index (χ3v) is 4.23. The highest BCUT2D eigenvalue weighted by Crippen LogP contribution is 2.22. The summed E-state index contributed by atoms with van der Waals surface area (Å²) >= 11 is 0. The topological polar surface area (TPSA) is 117 Å². The molecule has 0 spiro atoms. The van der Waals surface area contributed by atoms with Crippen LogP contribution in [-0.2, 0) is 14.4 Å². The normalized spacial score (nSPS) is 12.8. The number of amides is 1. The van der Waals surface area contributed by atoms with Crippen molar-refractivity contribution in [3.8, 4) is 0 Å². The zero-order valence-corrected chi connectivity index (χ0v) is 15.5. The summed E-state index contributed by atoms with van der Waals surface area (Å²) in [5, 5.41) is 0. The van der Waals surface area contributed by atoms with Gasteiger partial charge in [0, 0.05) is 31.0 Å². The van der Waals surface area contributed by atoms with Gasteiger partial charge < -0.3 is 16.2 Å². The molecule has 2 unspecified atom stereocenters. The second-order valence-corrected chi connectivity index (χ2v) is 6.40. The molecule has 26 heavy (non-hydrogen) atoms. The molecule has 140 valence electrons. The number of carbonyl (C=O) groups excluding carboxylic acids is 3. The van der Waals surface area contributed by atoms with E-state index in [-0.39, 0.29) is 24.7 Å². The van der Waals surface area contributed by atoms with Crippen molar-refractivity contribution in [2.45, 2.75) is 39.7 Å². The van der Waals surface area contributed by atoms with Crippen LogP contribution in [0, 0.1) is 11.8 Å². The van der Waals surface area contributed by atoms with Crippen LogP contribution in [0.25, 0.3) is 5.53 Å². The molecule has 0 radical (unpaired) electrons. The highest BCUT2D eigenvalue weighted by molar-refractivity contribution is 6.25. The maximum absolute atomic E-state index is 13.0. The van der Waals surface area contributed by atoms with E-state index in [2.05, 4.69) is 4.79 Å². The van der Waals surface area contributed by atoms with Gasteiger partial charge in [-0.2, -0.15) is 4.79 Å². The molecule has 0 aromatic heterocycles. The third-order valence-electron chi connectivity index (χ3n) is 4.23. The SMILES string of the molecule is CCC(=O)C(C(C)C)C(N)C(=O)N(CCC(=O)C=[N+]=[N-])c1ccccc1. The second-order valence-electron chi connectivity index (χ2n) is 6.40. The molecule has 0 aliphatic heterocycles. The first-order chi connectivity index (χ1) is 12.3. The number of rotatable bonds is 10. The highest BCUT2D eigenvalue weighted by atomic mass is 16.2. The lowest BCUT2D eigenvalue weighted by Crippen LogP contribution is -2.52. The molecular formula is C19H26N4O3. The van der Waals surface area contributed by atoms with Crippen molar-refractivity contribution < 1.29 is 19.2 Å². The van der Waals surface area contributed by atoms with Gasteiger partial charge in [0.05, 0.1) is 6.04 Å². The standard InChI is InChI=1S/C19H26N4O3/c1-4-16(25)17(13(2)3)18(20)19(26)23(11-10-15(24)12-22-21)14-8-6-5-7-9-14/h5-9,12-13,17-18H,4,10-11,20H2,1-3H3. The minimum absolute atomic E-state index is 0.0223. The number of carbonyl (C=O) groups is 3. The van der Waals surface area contributed by atoms with Gasteiger partial charge in [-0.15, -0.1) is 0 Å². The number of benzene rings is 1. The molecule has 7 nitrogen and oxygen atoms in total. The number of nitrogens with two attached hydrogens (primary N) is 1. The zero-order valence-electron chi connectivity index (χ0n) is 15.5. The Balaban J connectivity index is 3.11. The maximum Gasteiger partial charge on any atom is 0.323 e. The first-order valence-electron chi connectivity index (χ1n) is 8.68. The van der Waals surface area contributed by atoms with E-state index < -0.39 is 23.7 Å². The zero-order chi connectivity index (χ0) is 19.7. The molecule has 0 aliphatic rings. The van der Waals surface area contributed by atoms with Crippen LogP contribution in [0.5, 0.6) is 0 Å². The Labute approximate surface area is 153 Å². The van der Waals surface area contributed by atoms with Gasteiger partial charge in [-0.1, -0.05) is 39.0 Å². The first-order valence-corrected chi connectivity index (χ1v) is 8.68. The van der Waals surface area contributed by atoms with Crippen molar-refractivity contribution in [1.29, 1.82) is 0 Å². The Bertz CT molecular complexity index is 681. The third kappa shape index (κ3) is 5.72. The van der Waals surface area contributed by atoms with Gasteiger partial charge in [0.15, 0.2) is 0 Å². The summed E-state index contributed by atoms with van der Waals surface area (Å²) in [6.07, 6.45) is 1.08. The van der Waals surface area contributed by atoms with Crippen LogP contribution in [0.4, 0.5) is 5.69 Å². The van der Waals surface area contributed by atoms with Crippen molar-refractivity contribution >= 4 is 29.4 Å². The Morgan fingerprint density at radius 2 is 1.85 bits per heavy atom. The summed E-state index contributed by atoms with van der Waals surface area (Å²) < 4.78 is 0. The van der Waals surface area contributed by atoms with Gasteiger partial charge in [0.1, 0.15) is 5.78 Å². The Hall–Kier alpha value is -2.63. The number of ketones is 2. The lowest BCUT2D eigenvalue weighted by Gasteiger charge is -2.30. The predicted molar refractivity (Wildman–Crippen MR) is 99.7 cm³/mol. The van der Waals surface area contributed by atoms with E-state index in [0.717, 1.165) is 6.21 Å². The molecule has 2 N–H and O–H groups in total. The fraction of sp³-hybridized carbons (Fsp3) is 0.474. The van der Waals surface area contributed by atoms with E-state index in [1.165, 1.54) is 4.90 Å². The first kappa shape index (κ1) is 21.4. The van der Waals surface area contributed by atoms with Crippen LogP contribution in [0.3, 0.4) is 0 Å². The molecule has 0 saturated carbocycles. The maximum atomic E-state index is 13.0. The number of anilines is 1. The van der Waals surface area contributed by atoms with E-state index in [0.29, 0.717) is 12.1 Å². The van der Waals surface area contributed by atoms with Gasteiger partial charge in [0.25, 0.3) is 0 Å². The van der Waals surface area contributed by atoms with Crippen LogP contribution in [0.1, 0.15) is 33.6 Å². The van der Waals surface area contributed by atoms with Crippen molar-refractivity contribution in [2.24, 2.45) is 17.6 Å². The van der Waals surface area contributed by atoms with Crippen LogP contribution >= 0.6 is 0 Å². The lowest BCUT2D eigenvalue weighted by atomic mass is 9.83. The van der Waals surface area contributed by atoms with Gasteiger partial charge in [-0.25, -0.2) is 0 Å². The molecule has 0 heterocycles. The van der Waals surface area contributed by atoms with Crippen molar-refractivity contribution in [2.75, 3.05) is 11.4 Å². The fourth-order valence-electron chi connectivity index (χ4n) is 2.88. The molecule has 1 aromatic rings. The molecule has 0 fully saturated rings. The predicted octanol–water partition coefficient (Wildman–Crippen LogP) is 1.86. The quantitative estimate of drug-likeness (QED) is 0.390. The van der Waals surface area contributed by atoms with E-state index in [1.807, 2.05) is 19.9 Å². The molecule has 1 aromatic carbocycles. The molecule has 0 bridgehead atoms. The fourth-order valence-corrected chi connectivity index (χ4v) is 2.88. The molecule has 0 aliphatic carbocycles. The minimum Gasteiger partial charge on any atom is -0.361 e. The molecule has 2 atom stereocenters. The monoisotopic (exact) mass is 358 g/mol. The van der Waals surface area contributed by atoms with Gasteiger partial charge in [-0.05, 0) is 18.1 Å². The second kappa shape index (κ2) is 10.4. The number of Topliss-reactive ketones (excluding diaryl/α,β-unsaturated/α-hetero) is 2. The summed E-state index contributed by atoms with van der Waals surface area (Å²) in [7, 11) is 0. The van der Waals surface area contributed by atoms with E-state index in [4.69, 9.17) is 11.3 Å². The minimum atomic E-state index is -0.996. The van der Waals surface area contributed by atoms with Crippen molar-refractivity contribution in [3.63, 3.8) is 0 Å². The summed E-state index contributed by atoms with van der Waals surface area (Å²) in [5.74, 6) is -1.56. The largest absolute Gasteiger partial charge is 0.361 e. The average molecular weight is 358 g/mol. The van der Waals surface area contributed by atoms with Crippen LogP contribution in [0.15, 0.2) is 30.3 Å². The molecule has 1 amide bonds.